The number of fused-ring (bicyclic) bond motifs is 1. The monoisotopic (exact) mass is 666 g/mol. The van der Waals surface area contributed by atoms with Crippen LogP contribution in [0.3, 0.4) is 0 Å². The topological polar surface area (TPSA) is 48.9 Å². The Labute approximate surface area is 272 Å². The number of ether oxygens (including phenoxy) is 1. The van der Waals surface area contributed by atoms with Gasteiger partial charge in [0.25, 0.3) is 0 Å². The Morgan fingerprint density at radius 1 is 1.00 bits per heavy atom. The van der Waals surface area contributed by atoms with Gasteiger partial charge in [0.1, 0.15) is 5.82 Å². The summed E-state index contributed by atoms with van der Waals surface area (Å²) in [5, 5.41) is 0.857. The highest BCUT2D eigenvalue weighted by Crippen LogP contribution is 2.44. The molecule has 0 radical (unpaired) electrons. The second kappa shape index (κ2) is 14.5. The molecule has 2 fully saturated rings. The van der Waals surface area contributed by atoms with Crippen LogP contribution >= 0.6 is 0 Å². The zero-order valence-corrected chi connectivity index (χ0v) is 27.3. The van der Waals surface area contributed by atoms with E-state index in [4.69, 9.17) is 9.72 Å². The molecule has 2 aromatic rings. The predicted octanol–water partition coefficient (Wildman–Crippen LogP) is 8.45. The second-order valence-corrected chi connectivity index (χ2v) is 13.1. The molecule has 12 heteroatoms. The minimum absolute atomic E-state index is 0.00637. The van der Waals surface area contributed by atoms with Gasteiger partial charge in [0, 0.05) is 50.2 Å². The van der Waals surface area contributed by atoms with Crippen LogP contribution in [-0.2, 0) is 11.3 Å². The number of nitrogens with zero attached hydrogens (tertiary/aromatic N) is 4. The summed E-state index contributed by atoms with van der Waals surface area (Å²) in [4.78, 5) is 24.3. The molecule has 0 spiro atoms. The van der Waals surface area contributed by atoms with Crippen LogP contribution in [-0.4, -0.2) is 79.1 Å². The van der Waals surface area contributed by atoms with Crippen molar-refractivity contribution in [3.8, 4) is 0 Å². The Balaban J connectivity index is 1.46. The molecule has 1 saturated carbocycles. The highest BCUT2D eigenvalue weighted by atomic mass is 19.4. The number of allylic oxidation sites excluding steroid dienone is 3. The molecule has 2 aliphatic carbocycles. The molecule has 2 unspecified atom stereocenters. The summed E-state index contributed by atoms with van der Waals surface area (Å²) in [6.45, 7) is 8.39. The number of piperazine rings is 1. The first-order valence-electron chi connectivity index (χ1n) is 16.6. The third-order valence-electron chi connectivity index (χ3n) is 9.95. The van der Waals surface area contributed by atoms with Gasteiger partial charge in [-0.1, -0.05) is 50.5 Å². The van der Waals surface area contributed by atoms with Crippen LogP contribution in [0, 0.1) is 24.7 Å². The van der Waals surface area contributed by atoms with Gasteiger partial charge in [-0.2, -0.15) is 26.3 Å². The van der Waals surface area contributed by atoms with Gasteiger partial charge in [0.05, 0.1) is 30.2 Å². The third kappa shape index (κ3) is 8.24. The van der Waals surface area contributed by atoms with Crippen LogP contribution in [0.15, 0.2) is 47.6 Å². The van der Waals surface area contributed by atoms with Crippen molar-refractivity contribution in [2.75, 3.05) is 50.8 Å². The Kier molecular flexibility index (Phi) is 10.8. The molecule has 47 heavy (non-hydrogen) atoms. The first kappa shape index (κ1) is 35.0. The van der Waals surface area contributed by atoms with Gasteiger partial charge in [-0.25, -0.2) is 9.78 Å². The molecule has 0 bridgehead atoms. The maximum atomic E-state index is 13.9. The first-order valence-corrected chi connectivity index (χ1v) is 16.6. The summed E-state index contributed by atoms with van der Waals surface area (Å²) >= 11 is 0. The average molecular weight is 667 g/mol. The Morgan fingerprint density at radius 2 is 1.68 bits per heavy atom. The average Bonchev–Trinajstić information content (AvgIpc) is 3.02. The number of rotatable bonds is 8. The van der Waals surface area contributed by atoms with Crippen molar-refractivity contribution in [2.24, 2.45) is 17.8 Å². The number of hydrogen-bond acceptors (Lipinski definition) is 5. The second-order valence-electron chi connectivity index (χ2n) is 13.1. The van der Waals surface area contributed by atoms with E-state index in [0.717, 1.165) is 42.2 Å². The zero-order chi connectivity index (χ0) is 33.9. The minimum atomic E-state index is -4.98. The van der Waals surface area contributed by atoms with Crippen molar-refractivity contribution in [3.05, 3.63) is 58.7 Å². The number of para-hydroxylation sites is 1. The minimum Gasteiger partial charge on any atom is -0.450 e. The molecule has 3 aliphatic rings. The lowest BCUT2D eigenvalue weighted by Crippen LogP contribution is -2.48. The molecule has 2 atom stereocenters. The van der Waals surface area contributed by atoms with Crippen molar-refractivity contribution < 1.29 is 35.9 Å². The third-order valence-corrected chi connectivity index (χ3v) is 9.95. The number of halogens is 6. The normalized spacial score (nSPS) is 21.9. The molecular weight excluding hydrogens is 622 g/mol. The molecule has 6 nitrogen and oxygen atoms in total. The first-order chi connectivity index (χ1) is 22.3. The number of pyridine rings is 1. The van der Waals surface area contributed by atoms with Gasteiger partial charge in [-0.3, -0.25) is 9.80 Å². The Morgan fingerprint density at radius 3 is 2.32 bits per heavy atom. The number of carbonyl (C=O) groups excluding carboxylic acids is 1. The lowest BCUT2D eigenvalue weighted by atomic mass is 9.80. The number of aromatic nitrogens is 1. The van der Waals surface area contributed by atoms with Crippen LogP contribution in [0.5, 0.6) is 0 Å². The summed E-state index contributed by atoms with van der Waals surface area (Å²) in [5.41, 5.74) is 0.805. The Bertz CT molecular complexity index is 1470. The van der Waals surface area contributed by atoms with Gasteiger partial charge in [0.15, 0.2) is 0 Å². The molecule has 1 amide bonds. The zero-order valence-electron chi connectivity index (χ0n) is 27.3. The van der Waals surface area contributed by atoms with Crippen molar-refractivity contribution in [1.82, 2.24) is 14.8 Å². The number of benzene rings is 1. The van der Waals surface area contributed by atoms with Crippen molar-refractivity contribution >= 4 is 22.8 Å². The number of hydrogen-bond donors (Lipinski definition) is 0. The van der Waals surface area contributed by atoms with E-state index in [1.165, 1.54) is 43.9 Å². The molecular formula is C35H44F6N4O2. The fourth-order valence-electron chi connectivity index (χ4n) is 7.23. The van der Waals surface area contributed by atoms with E-state index in [1.54, 1.807) is 6.92 Å². The van der Waals surface area contributed by atoms with E-state index in [0.29, 0.717) is 30.4 Å². The van der Waals surface area contributed by atoms with E-state index >= 15 is 0 Å². The lowest BCUT2D eigenvalue weighted by Gasteiger charge is -2.39. The van der Waals surface area contributed by atoms with Crippen LogP contribution < -0.4 is 4.90 Å². The predicted molar refractivity (Wildman–Crippen MR) is 170 cm³/mol. The number of carbonyl (C=O) groups is 1. The molecule has 1 aromatic heterocycles. The Hall–Kier alpha value is -3.28. The molecule has 2 heterocycles. The summed E-state index contributed by atoms with van der Waals surface area (Å²) < 4.78 is 88.5. The fourth-order valence-corrected chi connectivity index (χ4v) is 7.23. The van der Waals surface area contributed by atoms with E-state index < -0.39 is 42.4 Å². The molecule has 258 valence electrons. The maximum Gasteiger partial charge on any atom is 0.416 e. The van der Waals surface area contributed by atoms with Gasteiger partial charge in [-0.05, 0) is 61.8 Å². The number of aryl methyl sites for hydroxylation is 1. The van der Waals surface area contributed by atoms with E-state index in [2.05, 4.69) is 9.80 Å². The standard InChI is InChI=1S/C35H44F6N4O2/c1-4-47-33(46)45(21-26-18-27(34(36,37)38)19-30(23(26)2)35(39,40)41)22-29-24(3)28-12-8-9-13-31(28)42-32(29)44-16-14-43(15-17-44)20-25-10-6-5-7-11-25/h8-9,12-13,18-19,23,25,30H,4-7,10-11,14-17,20-22H2,1-3H3. The number of amides is 1. The van der Waals surface area contributed by atoms with E-state index in [9.17, 15) is 31.1 Å². The van der Waals surface area contributed by atoms with Gasteiger partial charge < -0.3 is 9.64 Å². The highest BCUT2D eigenvalue weighted by molar-refractivity contribution is 5.86. The van der Waals surface area contributed by atoms with Crippen molar-refractivity contribution in [2.45, 2.75) is 71.8 Å². The number of alkyl halides is 6. The van der Waals surface area contributed by atoms with E-state index in [1.807, 2.05) is 31.2 Å². The fraction of sp³-hybridized carbons (Fsp3) is 0.600. The van der Waals surface area contributed by atoms with Crippen molar-refractivity contribution in [1.29, 1.82) is 0 Å². The van der Waals surface area contributed by atoms with Crippen LogP contribution in [0.25, 0.3) is 10.9 Å². The SMILES string of the molecule is CCOC(=O)N(CC1=CC(C(F)(F)F)=CC(C(F)(F)F)C1C)Cc1c(N2CCN(CC3CCCCC3)CC2)nc2ccccc2c1C. The molecule has 1 aromatic carbocycles. The quantitative estimate of drug-likeness (QED) is 0.265. The van der Waals surface area contributed by atoms with Gasteiger partial charge in [0.2, 0.25) is 0 Å². The summed E-state index contributed by atoms with van der Waals surface area (Å²) in [7, 11) is 0. The molecule has 1 aliphatic heterocycles. The largest absolute Gasteiger partial charge is 0.450 e. The summed E-state index contributed by atoms with van der Waals surface area (Å²) in [5.74, 6) is -2.27. The lowest BCUT2D eigenvalue weighted by molar-refractivity contribution is -0.171. The molecule has 0 N–H and O–H groups in total. The summed E-state index contributed by atoms with van der Waals surface area (Å²) in [6, 6.07) is 7.60. The van der Waals surface area contributed by atoms with Gasteiger partial charge >= 0.3 is 18.4 Å². The highest BCUT2D eigenvalue weighted by Gasteiger charge is 2.48. The van der Waals surface area contributed by atoms with Crippen molar-refractivity contribution in [3.63, 3.8) is 0 Å². The van der Waals surface area contributed by atoms with Crippen LogP contribution in [0.4, 0.5) is 37.0 Å². The molecule has 5 rings (SSSR count). The van der Waals surface area contributed by atoms with Crippen LogP contribution in [0.2, 0.25) is 0 Å². The maximum absolute atomic E-state index is 13.9. The summed E-state index contributed by atoms with van der Waals surface area (Å²) in [6.07, 6.45) is -3.30. The smallest absolute Gasteiger partial charge is 0.416 e. The number of anilines is 1. The van der Waals surface area contributed by atoms with Crippen LogP contribution in [0.1, 0.15) is 57.1 Å². The van der Waals surface area contributed by atoms with Gasteiger partial charge in [-0.15, -0.1) is 0 Å². The van der Waals surface area contributed by atoms with E-state index in [-0.39, 0.29) is 24.8 Å². The molecule has 1 saturated heterocycles.